The molecule has 2 bridgehead atoms. The van der Waals surface area contributed by atoms with E-state index in [4.69, 9.17) is 10.2 Å². The van der Waals surface area contributed by atoms with E-state index < -0.39 is 0 Å². The van der Waals surface area contributed by atoms with Gasteiger partial charge in [-0.1, -0.05) is 5.10 Å². The highest BCUT2D eigenvalue weighted by molar-refractivity contribution is 5.27. The molecule has 2 aliphatic rings. The van der Waals surface area contributed by atoms with Gasteiger partial charge in [-0.2, -0.15) is 0 Å². The number of nitrogens with zero attached hydrogens (tertiary/aromatic N) is 3. The number of nitrogens with two attached hydrogens (primary N) is 1. The van der Waals surface area contributed by atoms with E-state index in [2.05, 4.69) is 15.1 Å². The Balaban J connectivity index is 1.80. The minimum atomic E-state index is 0.380. The average molecular weight is 208 g/mol. The molecule has 1 aromatic rings. The third-order valence-electron chi connectivity index (χ3n) is 3.69. The standard InChI is InChI=1S/C10H16N4O/c1-6-12-13-10(15-6)14-4-7-2-3-8(5-14)9(7)11/h7-9H,2-5,11H2,1H3/t7-,8?,9?/m0/s1. The van der Waals surface area contributed by atoms with E-state index >= 15 is 0 Å². The fraction of sp³-hybridized carbons (Fsp3) is 0.800. The highest BCUT2D eigenvalue weighted by atomic mass is 16.4. The van der Waals surface area contributed by atoms with Crippen molar-refractivity contribution in [3.8, 4) is 0 Å². The number of aromatic nitrogens is 2. The van der Waals surface area contributed by atoms with Crippen molar-refractivity contribution in [2.45, 2.75) is 25.8 Å². The third kappa shape index (κ3) is 1.42. The number of aryl methyl sites for hydroxylation is 1. The highest BCUT2D eigenvalue weighted by Gasteiger charge is 2.40. The summed E-state index contributed by atoms with van der Waals surface area (Å²) >= 11 is 0. The van der Waals surface area contributed by atoms with Gasteiger partial charge in [0.25, 0.3) is 0 Å². The molecule has 1 aliphatic heterocycles. The Labute approximate surface area is 88.6 Å². The molecule has 1 saturated heterocycles. The number of piperidine rings is 1. The van der Waals surface area contributed by atoms with Gasteiger partial charge in [0.2, 0.25) is 5.89 Å². The summed E-state index contributed by atoms with van der Waals surface area (Å²) in [5.74, 6) is 1.85. The van der Waals surface area contributed by atoms with E-state index in [1.165, 1.54) is 12.8 Å². The van der Waals surface area contributed by atoms with Gasteiger partial charge in [-0.3, -0.25) is 0 Å². The summed E-state index contributed by atoms with van der Waals surface area (Å²) in [5.41, 5.74) is 6.14. The molecule has 0 aromatic carbocycles. The van der Waals surface area contributed by atoms with E-state index in [1.807, 2.05) is 6.92 Å². The largest absolute Gasteiger partial charge is 0.408 e. The number of anilines is 1. The van der Waals surface area contributed by atoms with Crippen molar-refractivity contribution >= 4 is 6.01 Å². The maximum Gasteiger partial charge on any atom is 0.318 e. The second-order valence-electron chi connectivity index (χ2n) is 4.68. The predicted octanol–water partition coefficient (Wildman–Crippen LogP) is 0.552. The van der Waals surface area contributed by atoms with Crippen LogP contribution in [-0.2, 0) is 0 Å². The van der Waals surface area contributed by atoms with Crippen LogP contribution in [0.1, 0.15) is 18.7 Å². The minimum absolute atomic E-state index is 0.380. The molecule has 15 heavy (non-hydrogen) atoms. The molecule has 82 valence electrons. The van der Waals surface area contributed by atoms with Crippen LogP contribution in [0.2, 0.25) is 0 Å². The van der Waals surface area contributed by atoms with Crippen LogP contribution in [-0.4, -0.2) is 29.3 Å². The van der Waals surface area contributed by atoms with Crippen LogP contribution in [0.5, 0.6) is 0 Å². The SMILES string of the molecule is Cc1nnc(N2CC3CC[C@@H](C2)C3N)o1. The van der Waals surface area contributed by atoms with Crippen LogP contribution in [0.15, 0.2) is 4.42 Å². The molecule has 1 aliphatic carbocycles. The van der Waals surface area contributed by atoms with Crippen LogP contribution in [0.3, 0.4) is 0 Å². The zero-order valence-electron chi connectivity index (χ0n) is 8.89. The Morgan fingerprint density at radius 1 is 1.27 bits per heavy atom. The molecule has 0 amide bonds. The summed E-state index contributed by atoms with van der Waals surface area (Å²) in [5, 5.41) is 7.92. The molecule has 0 radical (unpaired) electrons. The van der Waals surface area contributed by atoms with Crippen LogP contribution in [0, 0.1) is 18.8 Å². The van der Waals surface area contributed by atoms with Crippen molar-refractivity contribution < 1.29 is 4.42 Å². The van der Waals surface area contributed by atoms with Crippen molar-refractivity contribution in [3.05, 3.63) is 5.89 Å². The lowest BCUT2D eigenvalue weighted by Crippen LogP contribution is -2.48. The van der Waals surface area contributed by atoms with Crippen molar-refractivity contribution in [2.75, 3.05) is 18.0 Å². The molecular formula is C10H16N4O. The van der Waals surface area contributed by atoms with Gasteiger partial charge in [-0.25, -0.2) is 0 Å². The lowest BCUT2D eigenvalue weighted by molar-refractivity contribution is 0.340. The lowest BCUT2D eigenvalue weighted by atomic mass is 9.93. The van der Waals surface area contributed by atoms with Crippen LogP contribution in [0.25, 0.3) is 0 Å². The zero-order chi connectivity index (χ0) is 10.4. The van der Waals surface area contributed by atoms with Crippen LogP contribution >= 0.6 is 0 Å². The predicted molar refractivity (Wildman–Crippen MR) is 55.4 cm³/mol. The maximum absolute atomic E-state index is 6.14. The number of fused-ring (bicyclic) bond motifs is 2. The van der Waals surface area contributed by atoms with Gasteiger partial charge in [0.05, 0.1) is 0 Å². The molecule has 2 N–H and O–H groups in total. The van der Waals surface area contributed by atoms with Crippen LogP contribution < -0.4 is 10.6 Å². The molecule has 5 heteroatoms. The topological polar surface area (TPSA) is 68.2 Å². The number of hydrogen-bond acceptors (Lipinski definition) is 5. The molecule has 5 nitrogen and oxygen atoms in total. The fourth-order valence-corrected chi connectivity index (χ4v) is 2.83. The Kier molecular flexibility index (Phi) is 1.95. The maximum atomic E-state index is 6.14. The van der Waals surface area contributed by atoms with Crippen molar-refractivity contribution in [1.82, 2.24) is 10.2 Å². The highest BCUT2D eigenvalue weighted by Crippen LogP contribution is 2.36. The van der Waals surface area contributed by atoms with Gasteiger partial charge < -0.3 is 15.1 Å². The summed E-state index contributed by atoms with van der Waals surface area (Å²) in [6, 6.07) is 1.04. The first kappa shape index (κ1) is 9.15. The molecular weight excluding hydrogens is 192 g/mol. The summed E-state index contributed by atoms with van der Waals surface area (Å²) in [7, 11) is 0. The molecule has 2 heterocycles. The molecule has 1 aromatic heterocycles. The Morgan fingerprint density at radius 3 is 2.47 bits per heavy atom. The zero-order valence-corrected chi connectivity index (χ0v) is 8.89. The van der Waals surface area contributed by atoms with Gasteiger partial charge in [-0.05, 0) is 24.7 Å². The Morgan fingerprint density at radius 2 is 1.93 bits per heavy atom. The molecule has 0 spiro atoms. The van der Waals surface area contributed by atoms with Gasteiger partial charge in [0.15, 0.2) is 0 Å². The van der Waals surface area contributed by atoms with Crippen LogP contribution in [0.4, 0.5) is 6.01 Å². The van der Waals surface area contributed by atoms with E-state index in [0.717, 1.165) is 13.1 Å². The first-order chi connectivity index (χ1) is 7.24. The van der Waals surface area contributed by atoms with E-state index in [1.54, 1.807) is 0 Å². The van der Waals surface area contributed by atoms with E-state index in [-0.39, 0.29) is 0 Å². The first-order valence-electron chi connectivity index (χ1n) is 5.54. The fourth-order valence-electron chi connectivity index (χ4n) is 2.83. The molecule has 2 unspecified atom stereocenters. The quantitative estimate of drug-likeness (QED) is 0.730. The molecule has 3 rings (SSSR count). The molecule has 3 atom stereocenters. The minimum Gasteiger partial charge on any atom is -0.408 e. The number of hydrogen-bond donors (Lipinski definition) is 1. The first-order valence-corrected chi connectivity index (χ1v) is 5.54. The molecule has 2 fully saturated rings. The second-order valence-corrected chi connectivity index (χ2v) is 4.68. The molecule has 1 saturated carbocycles. The van der Waals surface area contributed by atoms with Gasteiger partial charge in [-0.15, -0.1) is 5.10 Å². The smallest absolute Gasteiger partial charge is 0.318 e. The van der Waals surface area contributed by atoms with Gasteiger partial charge in [0.1, 0.15) is 0 Å². The van der Waals surface area contributed by atoms with Crippen molar-refractivity contribution in [3.63, 3.8) is 0 Å². The van der Waals surface area contributed by atoms with Gasteiger partial charge >= 0.3 is 6.01 Å². The summed E-state index contributed by atoms with van der Waals surface area (Å²) in [4.78, 5) is 2.19. The summed E-state index contributed by atoms with van der Waals surface area (Å²) in [6.07, 6.45) is 2.49. The van der Waals surface area contributed by atoms with E-state index in [9.17, 15) is 0 Å². The second kappa shape index (κ2) is 3.20. The Bertz CT molecular complexity index is 350. The third-order valence-corrected chi connectivity index (χ3v) is 3.69. The summed E-state index contributed by atoms with van der Waals surface area (Å²) < 4.78 is 5.45. The van der Waals surface area contributed by atoms with Crippen molar-refractivity contribution in [1.29, 1.82) is 0 Å². The Hall–Kier alpha value is -1.10. The van der Waals surface area contributed by atoms with E-state index in [0.29, 0.717) is 29.8 Å². The monoisotopic (exact) mass is 208 g/mol. The van der Waals surface area contributed by atoms with Crippen molar-refractivity contribution in [2.24, 2.45) is 17.6 Å². The average Bonchev–Trinajstić information content (AvgIpc) is 2.70. The summed E-state index contributed by atoms with van der Waals surface area (Å²) in [6.45, 7) is 3.76. The normalized spacial score (nSPS) is 34.8. The van der Waals surface area contributed by atoms with Gasteiger partial charge in [0, 0.05) is 26.1 Å². The number of rotatable bonds is 1. The lowest BCUT2D eigenvalue weighted by Gasteiger charge is -2.34.